The van der Waals surface area contributed by atoms with E-state index in [1.807, 2.05) is 42.5 Å². The first-order valence-corrected chi connectivity index (χ1v) is 10.8. The summed E-state index contributed by atoms with van der Waals surface area (Å²) in [4.78, 5) is 27.0. The van der Waals surface area contributed by atoms with Gasteiger partial charge in [0.05, 0.1) is 16.8 Å². The van der Waals surface area contributed by atoms with Gasteiger partial charge in [0, 0.05) is 29.6 Å². The second kappa shape index (κ2) is 9.50. The molecule has 4 rings (SSSR count). The maximum Gasteiger partial charge on any atom is 0.255 e. The van der Waals surface area contributed by atoms with E-state index in [-0.39, 0.29) is 17.7 Å². The van der Waals surface area contributed by atoms with Gasteiger partial charge in [-0.1, -0.05) is 65.7 Å². The highest BCUT2D eigenvalue weighted by Gasteiger charge is 2.28. The molecule has 0 aliphatic carbocycles. The molecule has 1 saturated heterocycles. The fourth-order valence-corrected chi connectivity index (χ4v) is 4.29. The Labute approximate surface area is 190 Å². The molecule has 0 saturated carbocycles. The Morgan fingerprint density at radius 1 is 1.00 bits per heavy atom. The molecule has 1 N–H and O–H groups in total. The number of carbonyl (C=O) groups excluding carboxylic acids is 2. The van der Waals surface area contributed by atoms with Crippen molar-refractivity contribution in [3.8, 4) is 0 Å². The van der Waals surface area contributed by atoms with Gasteiger partial charge in [-0.05, 0) is 41.8 Å². The molecule has 31 heavy (non-hydrogen) atoms. The number of amides is 2. The van der Waals surface area contributed by atoms with Crippen LogP contribution in [-0.2, 0) is 4.79 Å². The minimum absolute atomic E-state index is 0.131. The molecule has 158 valence electrons. The quantitative estimate of drug-likeness (QED) is 0.438. The highest BCUT2D eigenvalue weighted by atomic mass is 35.5. The molecule has 0 bridgehead atoms. The molecule has 5 nitrogen and oxygen atoms in total. The van der Waals surface area contributed by atoms with Crippen molar-refractivity contribution in [1.29, 1.82) is 0 Å². The molecule has 3 aromatic rings. The third-order valence-electron chi connectivity index (χ3n) is 5.52. The minimum atomic E-state index is -0.186. The van der Waals surface area contributed by atoms with E-state index < -0.39 is 0 Å². The molecule has 0 aromatic heterocycles. The van der Waals surface area contributed by atoms with Crippen LogP contribution in [0.15, 0.2) is 65.8 Å². The van der Waals surface area contributed by atoms with E-state index in [1.165, 1.54) is 0 Å². The molecule has 1 aliphatic rings. The number of hydrogen-bond acceptors (Lipinski definition) is 3. The summed E-state index contributed by atoms with van der Waals surface area (Å²) in [6.07, 6.45) is 2.82. The predicted molar refractivity (Wildman–Crippen MR) is 125 cm³/mol. The molecular weight excluding hydrogens is 433 g/mol. The molecule has 0 atom stereocenters. The minimum Gasteiger partial charge on any atom is -0.339 e. The van der Waals surface area contributed by atoms with Crippen molar-refractivity contribution in [2.75, 3.05) is 13.1 Å². The van der Waals surface area contributed by atoms with Crippen molar-refractivity contribution in [2.24, 2.45) is 11.0 Å². The number of benzene rings is 3. The van der Waals surface area contributed by atoms with Crippen LogP contribution in [0.25, 0.3) is 10.8 Å². The van der Waals surface area contributed by atoms with Crippen molar-refractivity contribution in [1.82, 2.24) is 10.3 Å². The Balaban J connectivity index is 1.33. The summed E-state index contributed by atoms with van der Waals surface area (Å²) in [5, 5.41) is 7.17. The number of carbonyl (C=O) groups is 2. The Bertz CT molecular complexity index is 1150. The van der Waals surface area contributed by atoms with Crippen LogP contribution >= 0.6 is 23.2 Å². The van der Waals surface area contributed by atoms with Gasteiger partial charge in [0.1, 0.15) is 0 Å². The monoisotopic (exact) mass is 453 g/mol. The first-order chi connectivity index (χ1) is 15.0. The fraction of sp³-hybridized carbons (Fsp3) is 0.208. The SMILES string of the molecule is O=C(N/N=C\c1cccc2ccccc12)C1CCN(C(=O)c2ccc(Cl)cc2Cl)CC1. The van der Waals surface area contributed by atoms with E-state index in [0.717, 1.165) is 16.3 Å². The number of hydrazone groups is 1. The number of fused-ring (bicyclic) bond motifs is 1. The molecule has 7 heteroatoms. The molecule has 1 aliphatic heterocycles. The summed E-state index contributed by atoms with van der Waals surface area (Å²) < 4.78 is 0. The lowest BCUT2D eigenvalue weighted by molar-refractivity contribution is -0.126. The zero-order valence-corrected chi connectivity index (χ0v) is 18.2. The number of halogens is 2. The molecular formula is C24H21Cl2N3O2. The maximum atomic E-state index is 12.7. The van der Waals surface area contributed by atoms with Crippen molar-refractivity contribution >= 4 is 52.0 Å². The average molecular weight is 454 g/mol. The summed E-state index contributed by atoms with van der Waals surface area (Å²) in [7, 11) is 0. The number of nitrogens with one attached hydrogen (secondary N) is 1. The maximum absolute atomic E-state index is 12.7. The zero-order valence-electron chi connectivity index (χ0n) is 16.7. The molecule has 1 fully saturated rings. The van der Waals surface area contributed by atoms with Gasteiger partial charge in [-0.3, -0.25) is 9.59 Å². The van der Waals surface area contributed by atoms with Gasteiger partial charge < -0.3 is 4.90 Å². The van der Waals surface area contributed by atoms with Gasteiger partial charge in [0.15, 0.2) is 0 Å². The molecule has 1 heterocycles. The third kappa shape index (κ3) is 4.89. The van der Waals surface area contributed by atoms with E-state index in [2.05, 4.69) is 10.5 Å². The Morgan fingerprint density at radius 3 is 2.52 bits per heavy atom. The van der Waals surface area contributed by atoms with Crippen molar-refractivity contribution in [3.05, 3.63) is 81.8 Å². The van der Waals surface area contributed by atoms with E-state index in [4.69, 9.17) is 23.2 Å². The number of hydrogen-bond donors (Lipinski definition) is 1. The van der Waals surface area contributed by atoms with Crippen LogP contribution < -0.4 is 5.43 Å². The predicted octanol–water partition coefficient (Wildman–Crippen LogP) is 5.15. The van der Waals surface area contributed by atoms with Crippen molar-refractivity contribution in [3.63, 3.8) is 0 Å². The smallest absolute Gasteiger partial charge is 0.255 e. The number of piperidine rings is 1. The van der Waals surface area contributed by atoms with Crippen LogP contribution in [0.4, 0.5) is 0 Å². The molecule has 3 aromatic carbocycles. The van der Waals surface area contributed by atoms with Crippen LogP contribution in [0.1, 0.15) is 28.8 Å². The summed E-state index contributed by atoms with van der Waals surface area (Å²) in [6.45, 7) is 0.978. The molecule has 2 amide bonds. The zero-order chi connectivity index (χ0) is 21.8. The Kier molecular flexibility index (Phi) is 6.54. The van der Waals surface area contributed by atoms with Crippen LogP contribution in [0.5, 0.6) is 0 Å². The lowest BCUT2D eigenvalue weighted by Gasteiger charge is -2.31. The first-order valence-electron chi connectivity index (χ1n) is 10.1. The largest absolute Gasteiger partial charge is 0.339 e. The summed E-state index contributed by atoms with van der Waals surface area (Å²) in [6, 6.07) is 18.8. The van der Waals surface area contributed by atoms with Gasteiger partial charge in [-0.15, -0.1) is 0 Å². The normalized spacial score (nSPS) is 14.8. The summed E-state index contributed by atoms with van der Waals surface area (Å²) >= 11 is 12.1. The number of nitrogens with zero attached hydrogens (tertiary/aromatic N) is 2. The van der Waals surface area contributed by atoms with E-state index in [1.54, 1.807) is 29.3 Å². The summed E-state index contributed by atoms with van der Waals surface area (Å²) in [5.74, 6) is -0.461. The Hall–Kier alpha value is -2.89. The van der Waals surface area contributed by atoms with E-state index in [0.29, 0.717) is 41.5 Å². The molecule has 0 spiro atoms. The summed E-state index contributed by atoms with van der Waals surface area (Å²) in [5.41, 5.74) is 4.02. The van der Waals surface area contributed by atoms with Gasteiger partial charge in [-0.25, -0.2) is 5.43 Å². The number of rotatable bonds is 4. The second-order valence-corrected chi connectivity index (χ2v) is 8.34. The van der Waals surface area contributed by atoms with E-state index in [9.17, 15) is 9.59 Å². The topological polar surface area (TPSA) is 61.8 Å². The second-order valence-electron chi connectivity index (χ2n) is 7.49. The number of likely N-dealkylation sites (tertiary alicyclic amines) is 1. The van der Waals surface area contributed by atoms with Gasteiger partial charge in [-0.2, -0.15) is 5.10 Å². The highest BCUT2D eigenvalue weighted by molar-refractivity contribution is 6.36. The molecule has 0 unspecified atom stereocenters. The van der Waals surface area contributed by atoms with Crippen LogP contribution in [0, 0.1) is 5.92 Å². The van der Waals surface area contributed by atoms with Crippen LogP contribution in [-0.4, -0.2) is 36.0 Å². The van der Waals surface area contributed by atoms with Gasteiger partial charge >= 0.3 is 0 Å². The van der Waals surface area contributed by atoms with Crippen molar-refractivity contribution in [2.45, 2.75) is 12.8 Å². The third-order valence-corrected chi connectivity index (χ3v) is 6.06. The molecule has 0 radical (unpaired) electrons. The van der Waals surface area contributed by atoms with Crippen LogP contribution in [0.2, 0.25) is 10.0 Å². The van der Waals surface area contributed by atoms with Gasteiger partial charge in [0.25, 0.3) is 5.91 Å². The highest BCUT2D eigenvalue weighted by Crippen LogP contribution is 2.25. The van der Waals surface area contributed by atoms with E-state index >= 15 is 0 Å². The van der Waals surface area contributed by atoms with Crippen molar-refractivity contribution < 1.29 is 9.59 Å². The fourth-order valence-electron chi connectivity index (χ4n) is 3.80. The Morgan fingerprint density at radius 2 is 1.74 bits per heavy atom. The average Bonchev–Trinajstić information content (AvgIpc) is 2.79. The lowest BCUT2D eigenvalue weighted by Crippen LogP contribution is -2.42. The van der Waals surface area contributed by atoms with Crippen LogP contribution in [0.3, 0.4) is 0 Å². The first kappa shape index (κ1) is 21.3. The van der Waals surface area contributed by atoms with Gasteiger partial charge in [0.2, 0.25) is 5.91 Å². The lowest BCUT2D eigenvalue weighted by atomic mass is 9.95. The standard InChI is InChI=1S/C24H21Cl2N3O2/c25-19-8-9-21(22(26)14-19)24(31)29-12-10-17(11-13-29)23(30)28-27-15-18-6-3-5-16-4-1-2-7-20(16)18/h1-9,14-15,17H,10-13H2,(H,28,30)/b27-15-.